The lowest BCUT2D eigenvalue weighted by Gasteiger charge is -2.35. The zero-order chi connectivity index (χ0) is 22.0. The van der Waals surface area contributed by atoms with Crippen molar-refractivity contribution in [1.82, 2.24) is 14.5 Å². The molecule has 166 valence electrons. The number of aromatic nitrogens is 2. The number of benzene rings is 1. The van der Waals surface area contributed by atoms with Gasteiger partial charge in [-0.1, -0.05) is 43.8 Å². The standard InChI is InChI=1S/C23H29N3O3S2/c1-15-11-16(2)13-25(12-15)19(27)14-30-23-24-20-17-7-4-5-8-18(17)31-21(20)22(28)26(23)9-6-10-29-3/h4-5,7-8,15-16H,6,9-14H2,1-3H3/t15-,16-/m0/s1. The number of carbonyl (C=O) groups excluding carboxylic acids is 1. The third kappa shape index (κ3) is 4.81. The summed E-state index contributed by atoms with van der Waals surface area (Å²) in [6.07, 6.45) is 1.89. The molecular weight excluding hydrogens is 430 g/mol. The summed E-state index contributed by atoms with van der Waals surface area (Å²) in [6.45, 7) is 7.13. The van der Waals surface area contributed by atoms with E-state index in [1.165, 1.54) is 29.5 Å². The average Bonchev–Trinajstić information content (AvgIpc) is 3.12. The van der Waals surface area contributed by atoms with Crippen molar-refractivity contribution in [3.8, 4) is 0 Å². The first kappa shape index (κ1) is 22.3. The normalized spacial score (nSPS) is 19.4. The molecule has 3 heterocycles. The molecule has 2 aromatic heterocycles. The van der Waals surface area contributed by atoms with Gasteiger partial charge in [0.1, 0.15) is 4.70 Å². The zero-order valence-corrected chi connectivity index (χ0v) is 19.9. The number of amides is 1. The highest BCUT2D eigenvalue weighted by molar-refractivity contribution is 7.99. The topological polar surface area (TPSA) is 64.4 Å². The van der Waals surface area contributed by atoms with Gasteiger partial charge in [0, 0.05) is 43.4 Å². The summed E-state index contributed by atoms with van der Waals surface area (Å²) in [5.74, 6) is 1.47. The van der Waals surface area contributed by atoms with Crippen molar-refractivity contribution in [1.29, 1.82) is 0 Å². The molecule has 0 spiro atoms. The molecule has 4 rings (SSSR count). The number of ether oxygens (including phenoxy) is 1. The minimum absolute atomic E-state index is 0.0301. The predicted molar refractivity (Wildman–Crippen MR) is 128 cm³/mol. The van der Waals surface area contributed by atoms with E-state index in [-0.39, 0.29) is 11.5 Å². The molecule has 1 aliphatic heterocycles. The summed E-state index contributed by atoms with van der Waals surface area (Å²) in [5.41, 5.74) is 0.709. The van der Waals surface area contributed by atoms with Crippen molar-refractivity contribution < 1.29 is 9.53 Å². The first-order valence-corrected chi connectivity index (χ1v) is 12.6. The zero-order valence-electron chi connectivity index (χ0n) is 18.3. The van der Waals surface area contributed by atoms with E-state index < -0.39 is 0 Å². The van der Waals surface area contributed by atoms with Crippen LogP contribution in [-0.2, 0) is 16.1 Å². The van der Waals surface area contributed by atoms with Crippen LogP contribution in [0.3, 0.4) is 0 Å². The molecule has 0 radical (unpaired) electrons. The summed E-state index contributed by atoms with van der Waals surface area (Å²) >= 11 is 2.86. The van der Waals surface area contributed by atoms with Crippen LogP contribution in [-0.4, -0.2) is 52.9 Å². The van der Waals surface area contributed by atoms with Crippen LogP contribution in [0.1, 0.15) is 26.7 Å². The van der Waals surface area contributed by atoms with E-state index in [0.717, 1.165) is 35.1 Å². The van der Waals surface area contributed by atoms with Gasteiger partial charge >= 0.3 is 0 Å². The Balaban J connectivity index is 1.64. The van der Waals surface area contributed by atoms with Crippen molar-refractivity contribution in [2.45, 2.75) is 38.4 Å². The number of likely N-dealkylation sites (tertiary alicyclic amines) is 1. The van der Waals surface area contributed by atoms with Crippen molar-refractivity contribution >= 4 is 49.3 Å². The second-order valence-corrected chi connectivity index (χ2v) is 10.5. The van der Waals surface area contributed by atoms with Gasteiger partial charge in [-0.2, -0.15) is 0 Å². The molecular formula is C23H29N3O3S2. The molecule has 0 aliphatic carbocycles. The highest BCUT2D eigenvalue weighted by atomic mass is 32.2. The molecule has 31 heavy (non-hydrogen) atoms. The number of piperidine rings is 1. The molecule has 1 aromatic carbocycles. The van der Waals surface area contributed by atoms with Crippen LogP contribution in [0.4, 0.5) is 0 Å². The number of hydrogen-bond acceptors (Lipinski definition) is 6. The Hall–Kier alpha value is -1.90. The number of thioether (sulfide) groups is 1. The summed E-state index contributed by atoms with van der Waals surface area (Å²) in [7, 11) is 1.66. The number of rotatable bonds is 7. The summed E-state index contributed by atoms with van der Waals surface area (Å²) in [4.78, 5) is 33.1. The van der Waals surface area contributed by atoms with Gasteiger partial charge in [0.15, 0.2) is 5.16 Å². The molecule has 6 nitrogen and oxygen atoms in total. The highest BCUT2D eigenvalue weighted by Crippen LogP contribution is 2.32. The fourth-order valence-electron chi connectivity index (χ4n) is 4.41. The van der Waals surface area contributed by atoms with Crippen molar-refractivity contribution in [3.05, 3.63) is 34.6 Å². The maximum Gasteiger partial charge on any atom is 0.272 e. The predicted octanol–water partition coefficient (Wildman–Crippen LogP) is 4.24. The fourth-order valence-corrected chi connectivity index (χ4v) is 6.42. The SMILES string of the molecule is COCCCn1c(SCC(=O)N2C[C@@H](C)C[C@H](C)C2)nc2c(sc3ccccc32)c1=O. The largest absolute Gasteiger partial charge is 0.385 e. The Morgan fingerprint density at radius 1 is 1.26 bits per heavy atom. The van der Waals surface area contributed by atoms with Crippen LogP contribution in [0.15, 0.2) is 34.2 Å². The van der Waals surface area contributed by atoms with Crippen LogP contribution in [0.25, 0.3) is 20.3 Å². The third-order valence-electron chi connectivity index (χ3n) is 5.72. The maximum absolute atomic E-state index is 13.3. The molecule has 8 heteroatoms. The van der Waals surface area contributed by atoms with Crippen LogP contribution < -0.4 is 5.56 Å². The highest BCUT2D eigenvalue weighted by Gasteiger charge is 2.26. The second kappa shape index (κ2) is 9.71. The Morgan fingerprint density at radius 3 is 2.74 bits per heavy atom. The minimum atomic E-state index is -0.0301. The molecule has 1 aliphatic rings. The first-order valence-electron chi connectivity index (χ1n) is 10.8. The van der Waals surface area contributed by atoms with E-state index in [1.54, 1.807) is 11.7 Å². The summed E-state index contributed by atoms with van der Waals surface area (Å²) < 4.78 is 8.62. The molecule has 0 unspecified atom stereocenters. The first-order chi connectivity index (χ1) is 15.0. The molecule has 3 aromatic rings. The Labute approximate surface area is 190 Å². The smallest absolute Gasteiger partial charge is 0.272 e. The number of methoxy groups -OCH3 is 1. The maximum atomic E-state index is 13.3. The van der Waals surface area contributed by atoms with Gasteiger partial charge in [-0.3, -0.25) is 14.2 Å². The average molecular weight is 460 g/mol. The Kier molecular flexibility index (Phi) is 6.99. The lowest BCUT2D eigenvalue weighted by molar-refractivity contribution is -0.130. The van der Waals surface area contributed by atoms with Gasteiger partial charge in [-0.05, 0) is 30.7 Å². The van der Waals surface area contributed by atoms with Crippen LogP contribution in [0, 0.1) is 11.8 Å². The lowest BCUT2D eigenvalue weighted by atomic mass is 9.92. The molecule has 0 N–H and O–H groups in total. The van der Waals surface area contributed by atoms with E-state index in [9.17, 15) is 9.59 Å². The number of carbonyl (C=O) groups is 1. The fraction of sp³-hybridized carbons (Fsp3) is 0.522. The number of nitrogens with zero attached hydrogens (tertiary/aromatic N) is 3. The molecule has 1 saturated heterocycles. The number of fused-ring (bicyclic) bond motifs is 3. The third-order valence-corrected chi connectivity index (χ3v) is 7.83. The van der Waals surface area contributed by atoms with Crippen LogP contribution in [0.2, 0.25) is 0 Å². The second-order valence-electron chi connectivity index (χ2n) is 8.51. The lowest BCUT2D eigenvalue weighted by Crippen LogP contribution is -2.43. The van der Waals surface area contributed by atoms with E-state index in [1.807, 2.05) is 29.2 Å². The van der Waals surface area contributed by atoms with Crippen LogP contribution >= 0.6 is 23.1 Å². The van der Waals surface area contributed by atoms with Crippen molar-refractivity contribution in [3.63, 3.8) is 0 Å². The van der Waals surface area contributed by atoms with Crippen molar-refractivity contribution in [2.24, 2.45) is 11.8 Å². The Morgan fingerprint density at radius 2 is 2.00 bits per heavy atom. The quantitative estimate of drug-likeness (QED) is 0.300. The van der Waals surface area contributed by atoms with Crippen molar-refractivity contribution in [2.75, 3.05) is 32.6 Å². The van der Waals surface area contributed by atoms with Gasteiger partial charge < -0.3 is 9.64 Å². The molecule has 2 atom stereocenters. The van der Waals surface area contributed by atoms with E-state index >= 15 is 0 Å². The van der Waals surface area contributed by atoms with Gasteiger partial charge in [0.05, 0.1) is 11.3 Å². The monoisotopic (exact) mass is 459 g/mol. The molecule has 1 fully saturated rings. The van der Waals surface area contributed by atoms with E-state index in [2.05, 4.69) is 13.8 Å². The molecule has 0 bridgehead atoms. The summed E-state index contributed by atoms with van der Waals surface area (Å²) in [6, 6.07) is 7.97. The molecule has 1 amide bonds. The van der Waals surface area contributed by atoms with Gasteiger partial charge in [0.2, 0.25) is 5.91 Å². The van der Waals surface area contributed by atoms with Gasteiger partial charge in [0.25, 0.3) is 5.56 Å². The van der Waals surface area contributed by atoms with Gasteiger partial charge in [-0.15, -0.1) is 11.3 Å². The Bertz CT molecular complexity index is 1130. The van der Waals surface area contributed by atoms with E-state index in [0.29, 0.717) is 40.6 Å². The summed E-state index contributed by atoms with van der Waals surface area (Å²) in [5, 5.41) is 1.61. The number of hydrogen-bond donors (Lipinski definition) is 0. The van der Waals surface area contributed by atoms with Crippen LogP contribution in [0.5, 0.6) is 0 Å². The molecule has 0 saturated carbocycles. The minimum Gasteiger partial charge on any atom is -0.385 e. The van der Waals surface area contributed by atoms with E-state index in [4.69, 9.17) is 9.72 Å². The number of thiophene rings is 1. The van der Waals surface area contributed by atoms with Gasteiger partial charge in [-0.25, -0.2) is 4.98 Å².